The number of nitrogens with zero attached hydrogens (tertiary/aromatic N) is 2. The van der Waals surface area contributed by atoms with Crippen molar-refractivity contribution in [1.29, 1.82) is 0 Å². The first-order valence-corrected chi connectivity index (χ1v) is 9.61. The van der Waals surface area contributed by atoms with Crippen molar-refractivity contribution >= 4 is 46.3 Å². The van der Waals surface area contributed by atoms with Gasteiger partial charge in [-0.05, 0) is 54.6 Å². The van der Waals surface area contributed by atoms with Crippen LogP contribution < -0.4 is 4.90 Å². The molecule has 0 aliphatic carbocycles. The smallest absolute Gasteiger partial charge is 0.326 e. The number of hydrogen-bond acceptors (Lipinski definition) is 6. The van der Waals surface area contributed by atoms with E-state index in [4.69, 9.17) is 4.74 Å². The molecule has 1 fully saturated rings. The molecule has 0 N–H and O–H groups in total. The highest BCUT2D eigenvalue weighted by molar-refractivity contribution is 8.18. The van der Waals surface area contributed by atoms with E-state index in [1.54, 1.807) is 13.0 Å². The highest BCUT2D eigenvalue weighted by Gasteiger charge is 2.36. The Bertz CT molecular complexity index is 910. The molecule has 0 bridgehead atoms. The topological polar surface area (TPSA) is 66.9 Å². The predicted octanol–water partition coefficient (Wildman–Crippen LogP) is 4.05. The van der Waals surface area contributed by atoms with Crippen LogP contribution in [0.25, 0.3) is 6.08 Å². The van der Waals surface area contributed by atoms with E-state index in [1.807, 2.05) is 61.6 Å². The minimum atomic E-state index is -0.598. The molecule has 1 saturated heterocycles. The van der Waals surface area contributed by atoms with Gasteiger partial charge >= 0.3 is 5.97 Å². The van der Waals surface area contributed by atoms with Gasteiger partial charge in [-0.1, -0.05) is 30.3 Å². The maximum atomic E-state index is 12.4. The van der Waals surface area contributed by atoms with Crippen molar-refractivity contribution in [2.24, 2.45) is 0 Å². The highest BCUT2D eigenvalue weighted by atomic mass is 32.2. The lowest BCUT2D eigenvalue weighted by Crippen LogP contribution is -2.34. The number of imide groups is 1. The van der Waals surface area contributed by atoms with E-state index in [9.17, 15) is 14.4 Å². The number of esters is 1. The summed E-state index contributed by atoms with van der Waals surface area (Å²) in [6, 6.07) is 17.6. The third kappa shape index (κ3) is 4.43. The van der Waals surface area contributed by atoms with Gasteiger partial charge in [0.15, 0.2) is 0 Å². The monoisotopic (exact) mass is 396 g/mol. The van der Waals surface area contributed by atoms with Crippen molar-refractivity contribution < 1.29 is 19.1 Å². The summed E-state index contributed by atoms with van der Waals surface area (Å²) in [5.41, 5.74) is 2.86. The molecule has 2 aromatic carbocycles. The summed E-state index contributed by atoms with van der Waals surface area (Å²) in [5.74, 6) is -1.08. The lowest BCUT2D eigenvalue weighted by molar-refractivity contribution is -0.145. The van der Waals surface area contributed by atoms with Gasteiger partial charge in [0.25, 0.3) is 11.1 Å². The normalized spacial score (nSPS) is 15.2. The van der Waals surface area contributed by atoms with Gasteiger partial charge in [-0.3, -0.25) is 19.3 Å². The van der Waals surface area contributed by atoms with E-state index in [1.165, 1.54) is 0 Å². The molecule has 1 aliphatic rings. The number of anilines is 2. The zero-order valence-electron chi connectivity index (χ0n) is 15.6. The van der Waals surface area contributed by atoms with Crippen LogP contribution in [0.15, 0.2) is 59.5 Å². The number of hydrogen-bond donors (Lipinski definition) is 0. The van der Waals surface area contributed by atoms with Gasteiger partial charge in [0, 0.05) is 18.4 Å². The minimum Gasteiger partial charge on any atom is -0.465 e. The van der Waals surface area contributed by atoms with Gasteiger partial charge < -0.3 is 9.64 Å². The molecule has 144 valence electrons. The number of amides is 2. The summed E-state index contributed by atoms with van der Waals surface area (Å²) >= 11 is 0.824. The Morgan fingerprint density at radius 3 is 2.36 bits per heavy atom. The largest absolute Gasteiger partial charge is 0.465 e. The first kappa shape index (κ1) is 19.7. The standard InChI is InChI=1S/C21H20N2O4S/c1-3-27-19(24)14-23-20(25)18(28-21(23)26)13-15-9-11-17(12-10-15)22(2)16-7-5-4-6-8-16/h4-13H,3,14H2,1-2H3/b18-13-. The van der Waals surface area contributed by atoms with Crippen molar-refractivity contribution in [3.05, 3.63) is 65.1 Å². The predicted molar refractivity (Wildman–Crippen MR) is 110 cm³/mol. The second-order valence-corrected chi connectivity index (χ2v) is 7.05. The Balaban J connectivity index is 1.72. The number of rotatable bonds is 6. The third-order valence-corrected chi connectivity index (χ3v) is 5.10. The molecular weight excluding hydrogens is 376 g/mol. The average molecular weight is 396 g/mol. The molecule has 0 aromatic heterocycles. The van der Waals surface area contributed by atoms with E-state index >= 15 is 0 Å². The quantitative estimate of drug-likeness (QED) is 0.542. The van der Waals surface area contributed by atoms with E-state index in [2.05, 4.69) is 4.90 Å². The molecule has 3 rings (SSSR count). The van der Waals surface area contributed by atoms with Crippen LogP contribution in [0.2, 0.25) is 0 Å². The molecule has 0 spiro atoms. The van der Waals surface area contributed by atoms with Crippen LogP contribution in [0.4, 0.5) is 16.2 Å². The van der Waals surface area contributed by atoms with E-state index in [0.717, 1.165) is 33.6 Å². The van der Waals surface area contributed by atoms with Crippen molar-refractivity contribution in [1.82, 2.24) is 4.90 Å². The van der Waals surface area contributed by atoms with Crippen LogP contribution in [0.5, 0.6) is 0 Å². The molecule has 2 amide bonds. The zero-order chi connectivity index (χ0) is 20.1. The van der Waals surface area contributed by atoms with E-state index in [-0.39, 0.29) is 13.2 Å². The summed E-state index contributed by atoms with van der Waals surface area (Å²) in [6.07, 6.45) is 1.66. The number of carbonyl (C=O) groups excluding carboxylic acids is 3. The van der Waals surface area contributed by atoms with Crippen LogP contribution in [0.1, 0.15) is 12.5 Å². The number of thioether (sulfide) groups is 1. The molecule has 1 heterocycles. The Labute approximate surface area is 167 Å². The summed E-state index contributed by atoms with van der Waals surface area (Å²) in [4.78, 5) is 39.3. The first-order chi connectivity index (χ1) is 13.5. The van der Waals surface area contributed by atoms with Crippen molar-refractivity contribution in [2.75, 3.05) is 25.1 Å². The fourth-order valence-electron chi connectivity index (χ4n) is 2.72. The second-order valence-electron chi connectivity index (χ2n) is 6.06. The molecule has 28 heavy (non-hydrogen) atoms. The molecular formula is C21H20N2O4S. The third-order valence-electron chi connectivity index (χ3n) is 4.19. The van der Waals surface area contributed by atoms with Gasteiger partial charge in [0.05, 0.1) is 11.5 Å². The molecule has 0 atom stereocenters. The fraction of sp³-hybridized carbons (Fsp3) is 0.190. The first-order valence-electron chi connectivity index (χ1n) is 8.79. The molecule has 7 heteroatoms. The number of carbonyl (C=O) groups is 3. The molecule has 0 unspecified atom stereocenters. The van der Waals surface area contributed by atoms with Crippen LogP contribution >= 0.6 is 11.8 Å². The zero-order valence-corrected chi connectivity index (χ0v) is 16.4. The molecule has 2 aromatic rings. The highest BCUT2D eigenvalue weighted by Crippen LogP contribution is 2.32. The minimum absolute atomic E-state index is 0.203. The number of para-hydroxylation sites is 1. The molecule has 0 saturated carbocycles. The van der Waals surface area contributed by atoms with Crippen LogP contribution in [0.3, 0.4) is 0 Å². The number of ether oxygens (including phenoxy) is 1. The summed E-state index contributed by atoms with van der Waals surface area (Å²) in [6.45, 7) is 1.51. The van der Waals surface area contributed by atoms with E-state index < -0.39 is 17.1 Å². The summed E-state index contributed by atoms with van der Waals surface area (Å²) < 4.78 is 4.81. The van der Waals surface area contributed by atoms with Crippen molar-refractivity contribution in [3.8, 4) is 0 Å². The van der Waals surface area contributed by atoms with Crippen LogP contribution in [-0.4, -0.2) is 42.2 Å². The maximum Gasteiger partial charge on any atom is 0.326 e. The van der Waals surface area contributed by atoms with Crippen LogP contribution in [0, 0.1) is 0 Å². The van der Waals surface area contributed by atoms with Gasteiger partial charge in [0.1, 0.15) is 6.54 Å². The van der Waals surface area contributed by atoms with Crippen molar-refractivity contribution in [2.45, 2.75) is 6.92 Å². The Morgan fingerprint density at radius 2 is 1.71 bits per heavy atom. The average Bonchev–Trinajstić information content (AvgIpc) is 2.96. The second kappa shape index (κ2) is 8.75. The molecule has 1 aliphatic heterocycles. The van der Waals surface area contributed by atoms with E-state index in [0.29, 0.717) is 4.91 Å². The van der Waals surface area contributed by atoms with Gasteiger partial charge in [-0.2, -0.15) is 0 Å². The Morgan fingerprint density at radius 1 is 1.07 bits per heavy atom. The van der Waals surface area contributed by atoms with Gasteiger partial charge in [0.2, 0.25) is 0 Å². The van der Waals surface area contributed by atoms with Gasteiger partial charge in [-0.25, -0.2) is 0 Å². The van der Waals surface area contributed by atoms with Crippen molar-refractivity contribution in [3.63, 3.8) is 0 Å². The maximum absolute atomic E-state index is 12.4. The Hall–Kier alpha value is -3.06. The Kier molecular flexibility index (Phi) is 6.16. The van der Waals surface area contributed by atoms with Gasteiger partial charge in [-0.15, -0.1) is 0 Å². The fourth-order valence-corrected chi connectivity index (χ4v) is 3.56. The lowest BCUT2D eigenvalue weighted by atomic mass is 10.1. The summed E-state index contributed by atoms with van der Waals surface area (Å²) in [5, 5.41) is -0.468. The molecule has 0 radical (unpaired) electrons. The molecule has 6 nitrogen and oxygen atoms in total. The van der Waals surface area contributed by atoms with Crippen LogP contribution in [-0.2, 0) is 14.3 Å². The number of benzene rings is 2. The SMILES string of the molecule is CCOC(=O)CN1C(=O)S/C(=C\c2ccc(N(C)c3ccccc3)cc2)C1=O. The summed E-state index contributed by atoms with van der Waals surface area (Å²) in [7, 11) is 1.98. The lowest BCUT2D eigenvalue weighted by Gasteiger charge is -2.19.